The van der Waals surface area contributed by atoms with E-state index in [1.807, 2.05) is 42.5 Å². The molecular weight excluding hydrogens is 438 g/mol. The molecule has 33 heavy (non-hydrogen) atoms. The maximum atomic E-state index is 12.9. The van der Waals surface area contributed by atoms with E-state index >= 15 is 0 Å². The van der Waals surface area contributed by atoms with E-state index in [1.54, 1.807) is 36.4 Å². The first-order chi connectivity index (χ1) is 15.9. The number of para-hydroxylation sites is 1. The van der Waals surface area contributed by atoms with Gasteiger partial charge in [-0.15, -0.1) is 0 Å². The molecule has 4 aromatic rings. The van der Waals surface area contributed by atoms with E-state index in [9.17, 15) is 18.0 Å². The second kappa shape index (κ2) is 9.62. The summed E-state index contributed by atoms with van der Waals surface area (Å²) >= 11 is 0. The summed E-state index contributed by atoms with van der Waals surface area (Å²) in [5, 5.41) is 0.635. The Morgan fingerprint density at radius 1 is 0.788 bits per heavy atom. The van der Waals surface area contributed by atoms with Gasteiger partial charge in [0.25, 0.3) is 5.91 Å². The minimum atomic E-state index is -3.59. The maximum Gasteiger partial charge on any atom is 0.270 e. The first-order valence-electron chi connectivity index (χ1n) is 10.3. The highest BCUT2D eigenvalue weighted by molar-refractivity contribution is 7.91. The molecule has 0 saturated heterocycles. The number of hydrogen-bond donors (Lipinski definition) is 2. The minimum Gasteiger partial charge on any atom is -0.273 e. The van der Waals surface area contributed by atoms with Crippen molar-refractivity contribution in [3.63, 3.8) is 0 Å². The lowest BCUT2D eigenvalue weighted by Crippen LogP contribution is -2.42. The predicted molar refractivity (Wildman–Crippen MR) is 126 cm³/mol. The van der Waals surface area contributed by atoms with Gasteiger partial charge in [-0.2, -0.15) is 0 Å². The van der Waals surface area contributed by atoms with Crippen molar-refractivity contribution in [1.29, 1.82) is 0 Å². The molecule has 0 aliphatic heterocycles. The van der Waals surface area contributed by atoms with Gasteiger partial charge in [0.05, 0.1) is 27.4 Å². The van der Waals surface area contributed by atoms with Crippen LogP contribution in [0.2, 0.25) is 0 Å². The lowest BCUT2D eigenvalue weighted by Gasteiger charge is -2.11. The standard InChI is InChI=1S/C25H21N3O4S/c29-24(15-16-33(31,32)19-11-5-2-6-12-19)27-28-25(30)21-17-23(18-9-3-1-4-10-18)26-22-14-8-7-13-20(21)22/h1-14,17H,15-16H2,(H,27,29)(H,28,30). The van der Waals surface area contributed by atoms with Gasteiger partial charge in [-0.3, -0.25) is 20.4 Å². The highest BCUT2D eigenvalue weighted by atomic mass is 32.2. The molecular formula is C25H21N3O4S. The van der Waals surface area contributed by atoms with Crippen molar-refractivity contribution in [1.82, 2.24) is 15.8 Å². The van der Waals surface area contributed by atoms with Crippen molar-refractivity contribution >= 4 is 32.6 Å². The number of amides is 2. The van der Waals surface area contributed by atoms with Gasteiger partial charge >= 0.3 is 0 Å². The third-order valence-electron chi connectivity index (χ3n) is 5.05. The zero-order chi connectivity index (χ0) is 23.3. The van der Waals surface area contributed by atoms with Crippen LogP contribution in [-0.2, 0) is 14.6 Å². The van der Waals surface area contributed by atoms with Gasteiger partial charge in [0.2, 0.25) is 5.91 Å². The summed E-state index contributed by atoms with van der Waals surface area (Å²) in [6.45, 7) is 0. The topological polar surface area (TPSA) is 105 Å². The highest BCUT2D eigenvalue weighted by Crippen LogP contribution is 2.24. The molecule has 4 rings (SSSR count). The van der Waals surface area contributed by atoms with Crippen LogP contribution in [0.25, 0.3) is 22.2 Å². The van der Waals surface area contributed by atoms with Gasteiger partial charge in [0.15, 0.2) is 9.84 Å². The third kappa shape index (κ3) is 5.24. The van der Waals surface area contributed by atoms with Crippen molar-refractivity contribution in [3.8, 4) is 11.3 Å². The number of fused-ring (bicyclic) bond motifs is 1. The SMILES string of the molecule is O=C(CCS(=O)(=O)c1ccccc1)NNC(=O)c1cc(-c2ccccc2)nc2ccccc12. The molecule has 1 aromatic heterocycles. The number of aromatic nitrogens is 1. The van der Waals surface area contributed by atoms with Crippen molar-refractivity contribution in [3.05, 3.63) is 96.6 Å². The van der Waals surface area contributed by atoms with Crippen LogP contribution in [-0.4, -0.2) is 31.0 Å². The Morgan fingerprint density at radius 3 is 2.15 bits per heavy atom. The van der Waals surface area contributed by atoms with Gasteiger partial charge in [-0.1, -0.05) is 66.7 Å². The molecule has 2 N–H and O–H groups in total. The molecule has 3 aromatic carbocycles. The van der Waals surface area contributed by atoms with E-state index in [-0.39, 0.29) is 17.1 Å². The summed E-state index contributed by atoms with van der Waals surface area (Å²) in [5.41, 5.74) is 7.16. The summed E-state index contributed by atoms with van der Waals surface area (Å²) in [5.74, 6) is -1.50. The number of pyridine rings is 1. The van der Waals surface area contributed by atoms with Crippen LogP contribution in [0.5, 0.6) is 0 Å². The second-order valence-electron chi connectivity index (χ2n) is 7.32. The zero-order valence-electron chi connectivity index (χ0n) is 17.6. The maximum absolute atomic E-state index is 12.9. The van der Waals surface area contributed by atoms with Gasteiger partial charge < -0.3 is 0 Å². The molecule has 2 amide bonds. The average molecular weight is 460 g/mol. The van der Waals surface area contributed by atoms with Crippen LogP contribution >= 0.6 is 0 Å². The minimum absolute atomic E-state index is 0.151. The number of nitrogens with one attached hydrogen (secondary N) is 2. The van der Waals surface area contributed by atoms with Crippen molar-refractivity contribution < 1.29 is 18.0 Å². The number of rotatable bonds is 6. The molecule has 0 atom stereocenters. The number of sulfone groups is 1. The lowest BCUT2D eigenvalue weighted by atomic mass is 10.0. The van der Waals surface area contributed by atoms with Crippen LogP contribution in [0.3, 0.4) is 0 Å². The van der Waals surface area contributed by atoms with Crippen molar-refractivity contribution in [2.45, 2.75) is 11.3 Å². The van der Waals surface area contributed by atoms with E-state index in [1.165, 1.54) is 12.1 Å². The van der Waals surface area contributed by atoms with Crippen LogP contribution in [0.15, 0.2) is 95.9 Å². The monoisotopic (exact) mass is 459 g/mol. The van der Waals surface area contributed by atoms with E-state index < -0.39 is 21.7 Å². The van der Waals surface area contributed by atoms with Crippen molar-refractivity contribution in [2.75, 3.05) is 5.75 Å². The fraction of sp³-hybridized carbons (Fsp3) is 0.0800. The van der Waals surface area contributed by atoms with E-state index in [2.05, 4.69) is 15.8 Å². The number of hydrogen-bond acceptors (Lipinski definition) is 5. The third-order valence-corrected chi connectivity index (χ3v) is 6.78. The van der Waals surface area contributed by atoms with Gasteiger partial charge in [-0.25, -0.2) is 13.4 Å². The quantitative estimate of drug-likeness (QED) is 0.429. The molecule has 1 heterocycles. The number of benzene rings is 3. The fourth-order valence-electron chi connectivity index (χ4n) is 3.35. The molecule has 0 saturated carbocycles. The molecule has 8 heteroatoms. The number of carbonyl (C=O) groups excluding carboxylic acids is 2. The smallest absolute Gasteiger partial charge is 0.270 e. The lowest BCUT2D eigenvalue weighted by molar-refractivity contribution is -0.121. The van der Waals surface area contributed by atoms with Gasteiger partial charge in [-0.05, 0) is 24.3 Å². The van der Waals surface area contributed by atoms with E-state index in [0.717, 1.165) is 5.56 Å². The molecule has 0 radical (unpaired) electrons. The van der Waals surface area contributed by atoms with Crippen LogP contribution in [0.1, 0.15) is 16.8 Å². The Labute approximate surface area is 191 Å². The molecule has 7 nitrogen and oxygen atoms in total. The summed E-state index contributed by atoms with van der Waals surface area (Å²) in [7, 11) is -3.59. The molecule has 0 aliphatic carbocycles. The van der Waals surface area contributed by atoms with Crippen LogP contribution in [0.4, 0.5) is 0 Å². The first kappa shape index (κ1) is 22.2. The summed E-state index contributed by atoms with van der Waals surface area (Å²) < 4.78 is 24.7. The first-order valence-corrected chi connectivity index (χ1v) is 11.9. The Kier molecular flexibility index (Phi) is 6.46. The molecule has 0 fully saturated rings. The average Bonchev–Trinajstić information content (AvgIpc) is 2.86. The normalized spacial score (nSPS) is 11.2. The van der Waals surface area contributed by atoms with Crippen LogP contribution < -0.4 is 10.9 Å². The molecule has 0 aliphatic rings. The Morgan fingerprint density at radius 2 is 1.42 bits per heavy atom. The summed E-state index contributed by atoms with van der Waals surface area (Å²) in [6, 6.07) is 26.3. The van der Waals surface area contributed by atoms with Gasteiger partial charge in [0, 0.05) is 17.4 Å². The number of carbonyl (C=O) groups is 2. The fourth-order valence-corrected chi connectivity index (χ4v) is 4.61. The largest absolute Gasteiger partial charge is 0.273 e. The molecule has 0 unspecified atom stereocenters. The predicted octanol–water partition coefficient (Wildman–Crippen LogP) is 3.53. The van der Waals surface area contributed by atoms with E-state index in [0.29, 0.717) is 22.2 Å². The Hall–Kier alpha value is -4.04. The Balaban J connectivity index is 1.47. The summed E-state index contributed by atoms with van der Waals surface area (Å²) in [6.07, 6.45) is -0.288. The second-order valence-corrected chi connectivity index (χ2v) is 9.43. The number of nitrogens with zero attached hydrogens (tertiary/aromatic N) is 1. The zero-order valence-corrected chi connectivity index (χ0v) is 18.4. The van der Waals surface area contributed by atoms with Crippen molar-refractivity contribution in [2.24, 2.45) is 0 Å². The highest BCUT2D eigenvalue weighted by Gasteiger charge is 2.18. The molecule has 0 spiro atoms. The molecule has 0 bridgehead atoms. The van der Waals surface area contributed by atoms with Crippen LogP contribution in [0, 0.1) is 0 Å². The Bertz CT molecular complexity index is 1410. The van der Waals surface area contributed by atoms with Gasteiger partial charge in [0.1, 0.15) is 0 Å². The molecule has 166 valence electrons. The van der Waals surface area contributed by atoms with E-state index in [4.69, 9.17) is 0 Å². The summed E-state index contributed by atoms with van der Waals surface area (Å²) in [4.78, 5) is 29.9. The number of hydrazine groups is 1.